The van der Waals surface area contributed by atoms with E-state index in [0.717, 1.165) is 22.5 Å². The number of amides is 1. The molecule has 2 aromatic carbocycles. The molecule has 2 aliphatic rings. The number of carbonyl (C=O) groups excluding carboxylic acids is 1. The lowest BCUT2D eigenvalue weighted by molar-refractivity contribution is -0.00960. The summed E-state index contributed by atoms with van der Waals surface area (Å²) >= 11 is 0. The number of rotatable bonds is 5. The van der Waals surface area contributed by atoms with Crippen LogP contribution in [-0.2, 0) is 13.1 Å². The molecule has 10 nitrogen and oxygen atoms in total. The molecule has 1 aromatic heterocycles. The number of hydrogen-bond donors (Lipinski definition) is 3. The van der Waals surface area contributed by atoms with Crippen LogP contribution in [0.2, 0.25) is 0 Å². The standard InChI is InChI=1S/C27H32N8O2/c1-16-8-17(2)10-21(9-16)30-27-29-12-20-13-35(14-23(20)31-27)24-15-34(7-6-25(24)36)26(37)19-4-5-22(32-33-28)18(3)11-19/h4-5,8-12,24-25,36H,6-7,13-15H2,1-3H3,(H2,28,32)(H,29,30,31). The predicted molar refractivity (Wildman–Crippen MR) is 141 cm³/mol. The second-order valence-electron chi connectivity index (χ2n) is 9.96. The van der Waals surface area contributed by atoms with E-state index >= 15 is 0 Å². The van der Waals surface area contributed by atoms with Crippen molar-refractivity contribution in [2.45, 2.75) is 52.4 Å². The van der Waals surface area contributed by atoms with Gasteiger partial charge in [0.15, 0.2) is 0 Å². The van der Waals surface area contributed by atoms with Crippen molar-refractivity contribution >= 4 is 23.2 Å². The number of fused-ring (bicyclic) bond motifs is 1. The molecular formula is C27H32N8O2. The Morgan fingerprint density at radius 3 is 2.65 bits per heavy atom. The van der Waals surface area contributed by atoms with Crippen molar-refractivity contribution in [3.8, 4) is 0 Å². The molecule has 192 valence electrons. The molecule has 2 unspecified atom stereocenters. The van der Waals surface area contributed by atoms with Crippen LogP contribution in [0.5, 0.6) is 0 Å². The zero-order chi connectivity index (χ0) is 26.1. The van der Waals surface area contributed by atoms with Gasteiger partial charge in [0.25, 0.3) is 5.91 Å². The number of aromatic nitrogens is 2. The van der Waals surface area contributed by atoms with Crippen molar-refractivity contribution < 1.29 is 9.90 Å². The maximum Gasteiger partial charge on any atom is 0.253 e. The molecule has 0 aliphatic carbocycles. The lowest BCUT2D eigenvalue weighted by Gasteiger charge is -2.40. The number of aliphatic hydroxyl groups is 1. The number of aliphatic hydroxyl groups excluding tert-OH is 1. The lowest BCUT2D eigenvalue weighted by atomic mass is 9.99. The van der Waals surface area contributed by atoms with Gasteiger partial charge in [-0.1, -0.05) is 11.3 Å². The summed E-state index contributed by atoms with van der Waals surface area (Å²) < 4.78 is 0. The van der Waals surface area contributed by atoms with E-state index < -0.39 is 6.10 Å². The number of nitrogens with two attached hydrogens (primary N) is 1. The lowest BCUT2D eigenvalue weighted by Crippen LogP contribution is -2.55. The molecular weight excluding hydrogens is 468 g/mol. The Kier molecular flexibility index (Phi) is 6.86. The van der Waals surface area contributed by atoms with E-state index in [-0.39, 0.29) is 11.9 Å². The second kappa shape index (κ2) is 10.2. The van der Waals surface area contributed by atoms with E-state index in [0.29, 0.717) is 49.8 Å². The number of likely N-dealkylation sites (tertiary alicyclic amines) is 1. The Bertz CT molecular complexity index is 1340. The number of aryl methyl sites for hydroxylation is 3. The summed E-state index contributed by atoms with van der Waals surface area (Å²) in [6.45, 7) is 8.18. The van der Waals surface area contributed by atoms with Crippen molar-refractivity contribution in [1.29, 1.82) is 0 Å². The average Bonchev–Trinajstić information content (AvgIpc) is 3.28. The summed E-state index contributed by atoms with van der Waals surface area (Å²) in [6.07, 6.45) is 1.86. The van der Waals surface area contributed by atoms with Gasteiger partial charge in [-0.2, -0.15) is 0 Å². The van der Waals surface area contributed by atoms with Gasteiger partial charge in [-0.25, -0.2) is 9.97 Å². The molecule has 1 amide bonds. The van der Waals surface area contributed by atoms with Crippen molar-refractivity contribution in [1.82, 2.24) is 19.8 Å². The molecule has 5 rings (SSSR count). The molecule has 0 spiro atoms. The predicted octanol–water partition coefficient (Wildman–Crippen LogP) is 3.69. The first-order chi connectivity index (χ1) is 17.8. The number of anilines is 2. The molecule has 2 atom stereocenters. The third-order valence-corrected chi connectivity index (χ3v) is 7.07. The summed E-state index contributed by atoms with van der Waals surface area (Å²) in [7, 11) is 0. The summed E-state index contributed by atoms with van der Waals surface area (Å²) in [6, 6.07) is 11.4. The van der Waals surface area contributed by atoms with Crippen molar-refractivity contribution in [2.24, 2.45) is 16.2 Å². The fraction of sp³-hybridized carbons (Fsp3) is 0.370. The van der Waals surface area contributed by atoms with E-state index in [4.69, 9.17) is 10.8 Å². The van der Waals surface area contributed by atoms with Gasteiger partial charge in [0.1, 0.15) is 0 Å². The van der Waals surface area contributed by atoms with Crippen LogP contribution >= 0.6 is 0 Å². The van der Waals surface area contributed by atoms with Gasteiger partial charge >= 0.3 is 0 Å². The van der Waals surface area contributed by atoms with Gasteiger partial charge in [0.2, 0.25) is 5.95 Å². The average molecular weight is 501 g/mol. The Labute approximate surface area is 216 Å². The molecule has 37 heavy (non-hydrogen) atoms. The first kappa shape index (κ1) is 24.8. The van der Waals surface area contributed by atoms with Crippen molar-refractivity contribution in [3.63, 3.8) is 0 Å². The second-order valence-corrected chi connectivity index (χ2v) is 9.96. The molecule has 2 aliphatic heterocycles. The number of nitrogens with zero attached hydrogens (tertiary/aromatic N) is 6. The zero-order valence-electron chi connectivity index (χ0n) is 21.3. The highest BCUT2D eigenvalue weighted by molar-refractivity contribution is 5.95. The largest absolute Gasteiger partial charge is 0.391 e. The topological polar surface area (TPSA) is 132 Å². The van der Waals surface area contributed by atoms with Crippen LogP contribution in [0.1, 0.15) is 44.7 Å². The molecule has 3 aromatic rings. The van der Waals surface area contributed by atoms with Gasteiger partial charge in [-0.15, -0.1) is 5.11 Å². The molecule has 0 radical (unpaired) electrons. The fourth-order valence-corrected chi connectivity index (χ4v) is 5.26. The van der Waals surface area contributed by atoms with Crippen molar-refractivity contribution in [3.05, 3.63) is 76.1 Å². The SMILES string of the molecule is Cc1cc(C)cc(Nc2ncc3c(n2)CN(C2CN(C(=O)c4ccc(N=NN)c(C)c4)CCC2O)C3)c1. The summed E-state index contributed by atoms with van der Waals surface area (Å²) in [5.41, 5.74) is 7.33. The third kappa shape index (κ3) is 5.30. The third-order valence-electron chi connectivity index (χ3n) is 7.07. The van der Waals surface area contributed by atoms with Crippen LogP contribution in [0.3, 0.4) is 0 Å². The molecule has 0 bridgehead atoms. The van der Waals surface area contributed by atoms with Gasteiger partial charge in [-0.3, -0.25) is 9.69 Å². The summed E-state index contributed by atoms with van der Waals surface area (Å²) in [4.78, 5) is 26.6. The maximum atomic E-state index is 13.3. The molecule has 0 saturated carbocycles. The quantitative estimate of drug-likeness (QED) is 0.276. The van der Waals surface area contributed by atoms with E-state index in [1.54, 1.807) is 18.2 Å². The molecule has 1 saturated heterocycles. The minimum atomic E-state index is -0.520. The number of piperidine rings is 1. The molecule has 3 heterocycles. The molecule has 10 heteroatoms. The van der Waals surface area contributed by atoms with Crippen LogP contribution in [0.25, 0.3) is 0 Å². The monoisotopic (exact) mass is 500 g/mol. The first-order valence-corrected chi connectivity index (χ1v) is 12.4. The Morgan fingerprint density at radius 2 is 1.92 bits per heavy atom. The highest BCUT2D eigenvalue weighted by Gasteiger charge is 2.37. The van der Waals surface area contributed by atoms with Crippen LogP contribution in [0.4, 0.5) is 17.3 Å². The van der Waals surface area contributed by atoms with Crippen LogP contribution < -0.4 is 11.2 Å². The van der Waals surface area contributed by atoms with Gasteiger partial charge in [0, 0.05) is 49.2 Å². The van der Waals surface area contributed by atoms with Gasteiger partial charge in [-0.05, 0) is 74.2 Å². The van der Waals surface area contributed by atoms with Crippen LogP contribution in [-0.4, -0.2) is 56.0 Å². The highest BCUT2D eigenvalue weighted by Crippen LogP contribution is 2.29. The zero-order valence-corrected chi connectivity index (χ0v) is 21.3. The minimum absolute atomic E-state index is 0.0623. The maximum absolute atomic E-state index is 13.3. The number of benzene rings is 2. The van der Waals surface area contributed by atoms with E-state index in [1.165, 1.54) is 11.1 Å². The van der Waals surface area contributed by atoms with E-state index in [1.807, 2.05) is 18.0 Å². The Hall–Kier alpha value is -3.89. The normalized spacial score (nSPS) is 19.8. The minimum Gasteiger partial charge on any atom is -0.391 e. The first-order valence-electron chi connectivity index (χ1n) is 12.4. The van der Waals surface area contributed by atoms with Crippen LogP contribution in [0.15, 0.2) is 52.9 Å². The fourth-order valence-electron chi connectivity index (χ4n) is 5.26. The Morgan fingerprint density at radius 1 is 1.14 bits per heavy atom. The van der Waals surface area contributed by atoms with Crippen molar-refractivity contribution in [2.75, 3.05) is 18.4 Å². The van der Waals surface area contributed by atoms with Crippen LogP contribution in [0, 0.1) is 20.8 Å². The smallest absolute Gasteiger partial charge is 0.253 e. The molecule has 4 N–H and O–H groups in total. The van der Waals surface area contributed by atoms with Gasteiger partial charge < -0.3 is 21.2 Å². The summed E-state index contributed by atoms with van der Waals surface area (Å²) in [5, 5.41) is 21.4. The van der Waals surface area contributed by atoms with E-state index in [2.05, 4.69) is 57.6 Å². The molecule has 1 fully saturated rings. The number of nitrogens with one attached hydrogen (secondary N) is 1. The Balaban J connectivity index is 1.28. The summed E-state index contributed by atoms with van der Waals surface area (Å²) in [5.74, 6) is 5.65. The highest BCUT2D eigenvalue weighted by atomic mass is 16.3. The van der Waals surface area contributed by atoms with E-state index in [9.17, 15) is 9.90 Å². The van der Waals surface area contributed by atoms with Gasteiger partial charge in [0.05, 0.1) is 23.5 Å². The number of hydrogen-bond acceptors (Lipinski definition) is 8. The number of carbonyl (C=O) groups is 1.